The number of ether oxygens (including phenoxy) is 1. The molecule has 0 spiro atoms. The summed E-state index contributed by atoms with van der Waals surface area (Å²) in [4.78, 5) is 30.1. The van der Waals surface area contributed by atoms with Gasteiger partial charge in [-0.2, -0.15) is 0 Å². The van der Waals surface area contributed by atoms with Gasteiger partial charge in [-0.15, -0.1) is 0 Å². The summed E-state index contributed by atoms with van der Waals surface area (Å²) >= 11 is 0. The SMILES string of the molecule is CC(C)Oc1cc2c(N3CC4CC(=O)NC4C3)nccc2cc1C(N)=O. The second-order valence-corrected chi connectivity index (χ2v) is 7.28. The minimum Gasteiger partial charge on any atom is -0.490 e. The van der Waals surface area contributed by atoms with E-state index in [1.165, 1.54) is 0 Å². The Balaban J connectivity index is 1.76. The van der Waals surface area contributed by atoms with Crippen LogP contribution in [0.1, 0.15) is 30.6 Å². The van der Waals surface area contributed by atoms with Crippen LogP contribution in [0.2, 0.25) is 0 Å². The molecular formula is C19H22N4O3. The van der Waals surface area contributed by atoms with E-state index < -0.39 is 5.91 Å². The van der Waals surface area contributed by atoms with Crippen molar-refractivity contribution in [3.05, 3.63) is 30.0 Å². The number of nitrogens with zero attached hydrogens (tertiary/aromatic N) is 2. The van der Waals surface area contributed by atoms with Crippen LogP contribution in [0.4, 0.5) is 5.82 Å². The number of fused-ring (bicyclic) bond motifs is 2. The average molecular weight is 354 g/mol. The van der Waals surface area contributed by atoms with Crippen LogP contribution in [0.3, 0.4) is 0 Å². The number of aromatic nitrogens is 1. The number of nitrogens with one attached hydrogen (secondary N) is 1. The number of amides is 2. The Hall–Kier alpha value is -2.83. The molecule has 3 heterocycles. The van der Waals surface area contributed by atoms with E-state index in [2.05, 4.69) is 15.2 Å². The third-order valence-corrected chi connectivity index (χ3v) is 5.01. The number of nitrogens with two attached hydrogens (primary N) is 1. The molecule has 7 nitrogen and oxygen atoms in total. The molecule has 2 aliphatic rings. The van der Waals surface area contributed by atoms with Gasteiger partial charge in [-0.25, -0.2) is 4.98 Å². The second kappa shape index (κ2) is 6.16. The Morgan fingerprint density at radius 3 is 2.88 bits per heavy atom. The Morgan fingerprint density at radius 2 is 2.19 bits per heavy atom. The highest BCUT2D eigenvalue weighted by Crippen LogP contribution is 2.35. The van der Waals surface area contributed by atoms with Gasteiger partial charge < -0.3 is 20.7 Å². The van der Waals surface area contributed by atoms with Crippen molar-refractivity contribution in [1.29, 1.82) is 0 Å². The Morgan fingerprint density at radius 1 is 1.38 bits per heavy atom. The lowest BCUT2D eigenvalue weighted by Crippen LogP contribution is -2.32. The molecule has 2 aromatic rings. The number of pyridine rings is 1. The largest absolute Gasteiger partial charge is 0.490 e. The molecule has 136 valence electrons. The second-order valence-electron chi connectivity index (χ2n) is 7.28. The van der Waals surface area contributed by atoms with Crippen LogP contribution >= 0.6 is 0 Å². The first-order chi connectivity index (χ1) is 12.4. The van der Waals surface area contributed by atoms with Crippen molar-refractivity contribution < 1.29 is 14.3 Å². The third kappa shape index (κ3) is 2.83. The number of hydrogen-bond donors (Lipinski definition) is 2. The molecule has 2 amide bonds. The molecular weight excluding hydrogens is 332 g/mol. The molecule has 7 heteroatoms. The van der Waals surface area contributed by atoms with Crippen molar-refractivity contribution in [2.45, 2.75) is 32.4 Å². The van der Waals surface area contributed by atoms with Gasteiger partial charge in [-0.3, -0.25) is 9.59 Å². The normalized spacial score (nSPS) is 22.0. The topological polar surface area (TPSA) is 97.6 Å². The molecule has 2 atom stereocenters. The zero-order chi connectivity index (χ0) is 18.4. The highest BCUT2D eigenvalue weighted by molar-refractivity contribution is 6.03. The van der Waals surface area contributed by atoms with E-state index in [0.717, 1.165) is 29.7 Å². The van der Waals surface area contributed by atoms with E-state index in [4.69, 9.17) is 10.5 Å². The molecule has 3 N–H and O–H groups in total. The van der Waals surface area contributed by atoms with Crippen LogP contribution in [0.15, 0.2) is 24.4 Å². The maximum absolute atomic E-state index is 11.8. The van der Waals surface area contributed by atoms with Crippen molar-refractivity contribution in [2.75, 3.05) is 18.0 Å². The number of carbonyl (C=O) groups excluding carboxylic acids is 2. The van der Waals surface area contributed by atoms with E-state index in [9.17, 15) is 9.59 Å². The van der Waals surface area contributed by atoms with Crippen LogP contribution in [-0.4, -0.2) is 42.0 Å². The fourth-order valence-electron chi connectivity index (χ4n) is 3.90. The first-order valence-corrected chi connectivity index (χ1v) is 8.86. The summed E-state index contributed by atoms with van der Waals surface area (Å²) in [5.41, 5.74) is 5.90. The molecule has 2 unspecified atom stereocenters. The molecule has 2 saturated heterocycles. The summed E-state index contributed by atoms with van der Waals surface area (Å²) in [7, 11) is 0. The van der Waals surface area contributed by atoms with Crippen LogP contribution in [0.5, 0.6) is 5.75 Å². The zero-order valence-corrected chi connectivity index (χ0v) is 14.9. The Kier molecular flexibility index (Phi) is 3.94. The van der Waals surface area contributed by atoms with Crippen molar-refractivity contribution in [2.24, 2.45) is 11.7 Å². The summed E-state index contributed by atoms with van der Waals surface area (Å²) in [5.74, 6) is 1.25. The van der Waals surface area contributed by atoms with Gasteiger partial charge in [-0.1, -0.05) is 0 Å². The van der Waals surface area contributed by atoms with Gasteiger partial charge in [0, 0.05) is 37.0 Å². The molecule has 0 radical (unpaired) electrons. The fourth-order valence-corrected chi connectivity index (χ4v) is 3.90. The van der Waals surface area contributed by atoms with Crippen molar-refractivity contribution in [3.8, 4) is 5.75 Å². The van der Waals surface area contributed by atoms with Gasteiger partial charge in [-0.05, 0) is 37.4 Å². The van der Waals surface area contributed by atoms with Crippen molar-refractivity contribution >= 4 is 28.4 Å². The van der Waals surface area contributed by atoms with E-state index in [0.29, 0.717) is 23.7 Å². The molecule has 2 fully saturated rings. The van der Waals surface area contributed by atoms with Gasteiger partial charge in [0.05, 0.1) is 17.7 Å². The molecule has 2 aliphatic heterocycles. The van der Waals surface area contributed by atoms with E-state index in [1.54, 1.807) is 12.3 Å². The van der Waals surface area contributed by atoms with Crippen LogP contribution in [-0.2, 0) is 4.79 Å². The Bertz CT molecular complexity index is 880. The predicted octanol–water partition coefficient (Wildman–Crippen LogP) is 1.45. The first-order valence-electron chi connectivity index (χ1n) is 8.86. The molecule has 0 saturated carbocycles. The quantitative estimate of drug-likeness (QED) is 0.866. The number of hydrogen-bond acceptors (Lipinski definition) is 5. The third-order valence-electron chi connectivity index (χ3n) is 5.01. The van der Waals surface area contributed by atoms with Crippen LogP contribution in [0, 0.1) is 5.92 Å². The maximum Gasteiger partial charge on any atom is 0.252 e. The standard InChI is InChI=1S/C19H22N4O3/c1-10(2)26-16-7-13-11(5-14(16)18(20)25)3-4-21-19(13)23-8-12-6-17(24)22-15(12)9-23/h3-5,7,10,12,15H,6,8-9H2,1-2H3,(H2,20,25)(H,22,24). The van der Waals surface area contributed by atoms with Gasteiger partial charge in [0.25, 0.3) is 5.91 Å². The van der Waals surface area contributed by atoms with Crippen molar-refractivity contribution in [1.82, 2.24) is 10.3 Å². The van der Waals surface area contributed by atoms with Crippen LogP contribution in [0.25, 0.3) is 10.8 Å². The summed E-state index contributed by atoms with van der Waals surface area (Å²) in [6, 6.07) is 5.66. The van der Waals surface area contributed by atoms with Gasteiger partial charge in [0.2, 0.25) is 5.91 Å². The van der Waals surface area contributed by atoms with Gasteiger partial charge >= 0.3 is 0 Å². The summed E-state index contributed by atoms with van der Waals surface area (Å²) < 4.78 is 5.82. The summed E-state index contributed by atoms with van der Waals surface area (Å²) in [6.45, 7) is 5.33. The molecule has 4 rings (SSSR count). The minimum atomic E-state index is -0.515. The lowest BCUT2D eigenvalue weighted by atomic mass is 10.1. The van der Waals surface area contributed by atoms with Gasteiger partial charge in [0.15, 0.2) is 0 Å². The predicted molar refractivity (Wildman–Crippen MR) is 98.3 cm³/mol. The van der Waals surface area contributed by atoms with E-state index >= 15 is 0 Å². The molecule has 26 heavy (non-hydrogen) atoms. The number of carbonyl (C=O) groups is 2. The summed E-state index contributed by atoms with van der Waals surface area (Å²) in [5, 5.41) is 4.84. The van der Waals surface area contributed by atoms with E-state index in [-0.39, 0.29) is 18.1 Å². The molecule has 1 aromatic heterocycles. The molecule has 0 aliphatic carbocycles. The number of rotatable bonds is 4. The Labute approximate surface area is 151 Å². The van der Waals surface area contributed by atoms with Crippen molar-refractivity contribution in [3.63, 3.8) is 0 Å². The number of anilines is 1. The number of benzene rings is 1. The highest BCUT2D eigenvalue weighted by atomic mass is 16.5. The number of primary amides is 1. The highest BCUT2D eigenvalue weighted by Gasteiger charge is 2.40. The lowest BCUT2D eigenvalue weighted by Gasteiger charge is -2.21. The smallest absolute Gasteiger partial charge is 0.252 e. The molecule has 0 bridgehead atoms. The summed E-state index contributed by atoms with van der Waals surface area (Å²) in [6.07, 6.45) is 2.23. The minimum absolute atomic E-state index is 0.0768. The monoisotopic (exact) mass is 354 g/mol. The van der Waals surface area contributed by atoms with Crippen LogP contribution < -0.4 is 20.7 Å². The van der Waals surface area contributed by atoms with Gasteiger partial charge in [0.1, 0.15) is 11.6 Å². The van der Waals surface area contributed by atoms with E-state index in [1.807, 2.05) is 26.0 Å². The first kappa shape index (κ1) is 16.6. The lowest BCUT2D eigenvalue weighted by molar-refractivity contribution is -0.119. The maximum atomic E-state index is 11.8. The average Bonchev–Trinajstić information content (AvgIpc) is 3.10. The zero-order valence-electron chi connectivity index (χ0n) is 14.9. The molecule has 1 aromatic carbocycles. The fraction of sp³-hybridized carbons (Fsp3) is 0.421.